The molecular weight excluding hydrogens is 238 g/mol. The number of carbonyl (C=O) groups excluding carboxylic acids is 3. The van der Waals surface area contributed by atoms with Gasteiger partial charge in [-0.25, -0.2) is 4.79 Å². The van der Waals surface area contributed by atoms with Crippen molar-refractivity contribution in [3.05, 3.63) is 35.9 Å². The molecule has 0 saturated carbocycles. The molecule has 0 aliphatic carbocycles. The largest absolute Gasteiger partial charge is 0.328 e. The molecule has 1 saturated heterocycles. The van der Waals surface area contributed by atoms with Gasteiger partial charge in [-0.15, -0.1) is 0 Å². The smallest absolute Gasteiger partial charge is 0.315 e. The predicted octanol–water partition coefficient (Wildman–Crippen LogP) is -0.687. The van der Waals surface area contributed by atoms with Crippen LogP contribution >= 0.6 is 0 Å². The van der Waals surface area contributed by atoms with Crippen molar-refractivity contribution < 1.29 is 19.6 Å². The van der Waals surface area contributed by atoms with Crippen LogP contribution in [-0.2, 0) is 16.0 Å². The molecule has 2 rings (SSSR count). The summed E-state index contributed by atoms with van der Waals surface area (Å²) in [5.74, 6) is -1.77. The van der Waals surface area contributed by atoms with Crippen molar-refractivity contribution in [2.24, 2.45) is 0 Å². The van der Waals surface area contributed by atoms with E-state index in [1.54, 1.807) is 35.8 Å². The minimum atomic E-state index is -1.89. The highest BCUT2D eigenvalue weighted by Gasteiger charge is 2.50. The summed E-state index contributed by atoms with van der Waals surface area (Å²) in [5.41, 5.74) is 0.482. The quantitative estimate of drug-likeness (QED) is 0.419. The molecule has 1 aliphatic rings. The van der Waals surface area contributed by atoms with Gasteiger partial charge in [0.05, 0.1) is 0 Å². The zero-order chi connectivity index (χ0) is 13.2. The monoisotopic (exact) mass is 249 g/mol. The van der Waals surface area contributed by atoms with E-state index >= 15 is 0 Å². The summed E-state index contributed by atoms with van der Waals surface area (Å²) < 4.78 is 0. The molecule has 7 heteroatoms. The second-order valence-electron chi connectivity index (χ2n) is 3.92. The first-order valence-electron chi connectivity index (χ1n) is 5.20. The summed E-state index contributed by atoms with van der Waals surface area (Å²) in [6.07, 6.45) is -0.0741. The topological polar surface area (TPSA) is 108 Å². The summed E-state index contributed by atoms with van der Waals surface area (Å²) >= 11 is 0. The van der Waals surface area contributed by atoms with Crippen LogP contribution in [0.2, 0.25) is 0 Å². The number of benzene rings is 1. The minimum Gasteiger partial charge on any atom is -0.315 e. The normalized spacial score (nSPS) is 18.2. The van der Waals surface area contributed by atoms with Gasteiger partial charge in [0.1, 0.15) is 0 Å². The first-order valence-corrected chi connectivity index (χ1v) is 5.20. The third-order valence-corrected chi connectivity index (χ3v) is 2.73. The predicted molar refractivity (Wildman–Crippen MR) is 59.5 cm³/mol. The Morgan fingerprint density at radius 2 is 1.61 bits per heavy atom. The molecule has 0 aromatic heterocycles. The molecule has 1 aliphatic heterocycles. The number of carbonyl (C=O) groups is 3. The molecule has 4 N–H and O–H groups in total. The fourth-order valence-electron chi connectivity index (χ4n) is 1.76. The van der Waals surface area contributed by atoms with Gasteiger partial charge >= 0.3 is 6.03 Å². The zero-order valence-corrected chi connectivity index (χ0v) is 9.27. The standard InChI is InChI=1S/C11H11N3O4/c15-8-11(14-18,9(16)13-10(17)12-8)6-7-4-2-1-3-5-7/h1-5,14,18H,6H2,(H2,12,13,15,16,17). The van der Waals surface area contributed by atoms with Gasteiger partial charge in [0.2, 0.25) is 5.54 Å². The Bertz CT molecular complexity index is 480. The fraction of sp³-hybridized carbons (Fsp3) is 0.182. The molecular formula is C11H11N3O4. The lowest BCUT2D eigenvalue weighted by Crippen LogP contribution is -2.72. The molecule has 94 valence electrons. The van der Waals surface area contributed by atoms with Crippen LogP contribution < -0.4 is 16.1 Å². The van der Waals surface area contributed by atoms with E-state index < -0.39 is 23.4 Å². The van der Waals surface area contributed by atoms with Gasteiger partial charge in [-0.05, 0) is 5.56 Å². The van der Waals surface area contributed by atoms with Crippen molar-refractivity contribution in [1.82, 2.24) is 16.1 Å². The van der Waals surface area contributed by atoms with Crippen molar-refractivity contribution >= 4 is 17.8 Å². The van der Waals surface area contributed by atoms with E-state index in [0.717, 1.165) is 0 Å². The van der Waals surface area contributed by atoms with Crippen LogP contribution in [0.3, 0.4) is 0 Å². The molecule has 0 bridgehead atoms. The molecule has 0 spiro atoms. The lowest BCUT2D eigenvalue weighted by molar-refractivity contribution is -0.145. The number of hydroxylamine groups is 1. The minimum absolute atomic E-state index is 0.0741. The third kappa shape index (κ3) is 1.96. The van der Waals surface area contributed by atoms with Crippen LogP contribution in [0.4, 0.5) is 4.79 Å². The van der Waals surface area contributed by atoms with Crippen molar-refractivity contribution in [3.8, 4) is 0 Å². The van der Waals surface area contributed by atoms with Gasteiger partial charge in [0.15, 0.2) is 0 Å². The number of amides is 4. The lowest BCUT2D eigenvalue weighted by Gasteiger charge is -2.32. The molecule has 18 heavy (non-hydrogen) atoms. The number of hydrogen-bond donors (Lipinski definition) is 4. The average molecular weight is 249 g/mol. The van der Waals surface area contributed by atoms with Crippen molar-refractivity contribution in [3.63, 3.8) is 0 Å². The Hall–Kier alpha value is -2.25. The summed E-state index contributed by atoms with van der Waals surface area (Å²) in [6.45, 7) is 0. The maximum atomic E-state index is 11.8. The fourth-order valence-corrected chi connectivity index (χ4v) is 1.76. The maximum Gasteiger partial charge on any atom is 0.328 e. The molecule has 1 fully saturated rings. The van der Waals surface area contributed by atoms with Crippen LogP contribution in [-0.4, -0.2) is 28.6 Å². The van der Waals surface area contributed by atoms with Crippen LogP contribution in [0, 0.1) is 0 Å². The molecule has 0 radical (unpaired) electrons. The number of barbiturate groups is 1. The summed E-state index contributed by atoms with van der Waals surface area (Å²) in [7, 11) is 0. The Labute approximate surface area is 102 Å². The van der Waals surface area contributed by atoms with Crippen LogP contribution in [0.5, 0.6) is 0 Å². The van der Waals surface area contributed by atoms with Gasteiger partial charge in [-0.1, -0.05) is 30.3 Å². The summed E-state index contributed by atoms with van der Waals surface area (Å²) in [6, 6.07) is 7.78. The van der Waals surface area contributed by atoms with E-state index in [-0.39, 0.29) is 6.42 Å². The molecule has 1 aromatic rings. The van der Waals surface area contributed by atoms with E-state index in [4.69, 9.17) is 5.21 Å². The SMILES string of the molecule is O=C1NC(=O)C(Cc2ccccc2)(NO)C(=O)N1. The van der Waals surface area contributed by atoms with Crippen LogP contribution in [0.25, 0.3) is 0 Å². The Morgan fingerprint density at radius 1 is 1.06 bits per heavy atom. The van der Waals surface area contributed by atoms with Crippen molar-refractivity contribution in [2.75, 3.05) is 0 Å². The number of nitrogens with one attached hydrogen (secondary N) is 3. The Balaban J connectivity index is 2.33. The molecule has 7 nitrogen and oxygen atoms in total. The van der Waals surface area contributed by atoms with E-state index in [1.165, 1.54) is 0 Å². The van der Waals surface area contributed by atoms with Crippen molar-refractivity contribution in [2.45, 2.75) is 12.0 Å². The second-order valence-corrected chi connectivity index (χ2v) is 3.92. The lowest BCUT2D eigenvalue weighted by atomic mass is 9.88. The summed E-state index contributed by atoms with van der Waals surface area (Å²) in [4.78, 5) is 34.5. The van der Waals surface area contributed by atoms with Gasteiger partial charge in [-0.2, -0.15) is 5.48 Å². The number of hydrogen-bond acceptors (Lipinski definition) is 5. The Morgan fingerprint density at radius 3 is 2.11 bits per heavy atom. The van der Waals surface area contributed by atoms with Gasteiger partial charge in [0.25, 0.3) is 11.8 Å². The molecule has 1 heterocycles. The third-order valence-electron chi connectivity index (χ3n) is 2.73. The molecule has 0 unspecified atom stereocenters. The van der Waals surface area contributed by atoms with E-state index in [9.17, 15) is 14.4 Å². The second kappa shape index (κ2) is 4.55. The summed E-state index contributed by atoms with van der Waals surface area (Å²) in [5, 5.41) is 13.0. The number of urea groups is 1. The average Bonchev–Trinajstić information content (AvgIpc) is 2.35. The van der Waals surface area contributed by atoms with Gasteiger partial charge in [-0.3, -0.25) is 20.2 Å². The van der Waals surface area contributed by atoms with Gasteiger partial charge < -0.3 is 5.21 Å². The Kier molecular flexibility index (Phi) is 3.09. The highest BCUT2D eigenvalue weighted by atomic mass is 16.5. The highest BCUT2D eigenvalue weighted by molar-refractivity contribution is 6.22. The highest BCUT2D eigenvalue weighted by Crippen LogP contribution is 2.16. The van der Waals surface area contributed by atoms with Crippen molar-refractivity contribution in [1.29, 1.82) is 0 Å². The van der Waals surface area contributed by atoms with Crippen LogP contribution in [0.1, 0.15) is 5.56 Å². The maximum absolute atomic E-state index is 11.8. The van der Waals surface area contributed by atoms with Crippen LogP contribution in [0.15, 0.2) is 30.3 Å². The first-order chi connectivity index (χ1) is 8.58. The van der Waals surface area contributed by atoms with Gasteiger partial charge in [0, 0.05) is 6.42 Å². The first kappa shape index (κ1) is 12.2. The number of rotatable bonds is 3. The molecule has 0 atom stereocenters. The van der Waals surface area contributed by atoms with E-state index in [2.05, 4.69) is 0 Å². The van der Waals surface area contributed by atoms with E-state index in [1.807, 2.05) is 10.6 Å². The number of imide groups is 2. The zero-order valence-electron chi connectivity index (χ0n) is 9.27. The molecule has 4 amide bonds. The van der Waals surface area contributed by atoms with E-state index in [0.29, 0.717) is 5.56 Å². The molecule has 1 aromatic carbocycles.